The van der Waals surface area contributed by atoms with Crippen LogP contribution in [0, 0.1) is 0 Å². The van der Waals surface area contributed by atoms with Gasteiger partial charge in [0.1, 0.15) is 29.5 Å². The van der Waals surface area contributed by atoms with E-state index in [-0.39, 0.29) is 24.4 Å². The molecular weight excluding hydrogens is 508 g/mol. The van der Waals surface area contributed by atoms with Crippen LogP contribution in [-0.4, -0.2) is 49.4 Å². The van der Waals surface area contributed by atoms with Gasteiger partial charge in [-0.3, -0.25) is 13.6 Å². The van der Waals surface area contributed by atoms with Gasteiger partial charge in [0.2, 0.25) is 6.29 Å². The van der Waals surface area contributed by atoms with Gasteiger partial charge in [0.25, 0.3) is 0 Å². The summed E-state index contributed by atoms with van der Waals surface area (Å²) in [5, 5.41) is 22.2. The molecule has 5 rings (SSSR count). The smallest absolute Gasteiger partial charge is 0.385 e. The molecule has 2 fully saturated rings. The Labute approximate surface area is 202 Å². The third-order valence-electron chi connectivity index (χ3n) is 6.14. The quantitative estimate of drug-likeness (QED) is 0.429. The zero-order valence-electron chi connectivity index (χ0n) is 18.7. The molecule has 11 nitrogen and oxygen atoms in total. The Morgan fingerprint density at radius 3 is 2.78 bits per heavy atom. The molecule has 6 atom stereocenters. The second kappa shape index (κ2) is 8.77. The van der Waals surface area contributed by atoms with Gasteiger partial charge in [0, 0.05) is 12.6 Å². The number of aromatic nitrogens is 3. The average molecular weight is 530 g/mol. The Balaban J connectivity index is 1.39. The van der Waals surface area contributed by atoms with Crippen molar-refractivity contribution in [1.29, 1.82) is 0 Å². The lowest BCUT2D eigenvalue weighted by atomic mass is 9.99. The monoisotopic (exact) mass is 530 g/mol. The molecular formula is C21H22F3N4O7P. The maximum absolute atomic E-state index is 13.5. The molecule has 2 saturated heterocycles. The van der Waals surface area contributed by atoms with E-state index >= 15 is 0 Å². The summed E-state index contributed by atoms with van der Waals surface area (Å²) in [5.74, 6) is 0.184. The molecule has 15 heteroatoms. The van der Waals surface area contributed by atoms with Gasteiger partial charge in [-0.05, 0) is 24.6 Å². The summed E-state index contributed by atoms with van der Waals surface area (Å²) in [6, 6.07) is 6.33. The maximum atomic E-state index is 13.5. The van der Waals surface area contributed by atoms with E-state index in [1.165, 1.54) is 42.2 Å². The minimum absolute atomic E-state index is 0.0225. The van der Waals surface area contributed by atoms with Crippen molar-refractivity contribution in [2.45, 2.75) is 49.8 Å². The first-order chi connectivity index (χ1) is 16.9. The lowest BCUT2D eigenvalue weighted by molar-refractivity contribution is -0.147. The number of benzene rings is 1. The fourth-order valence-corrected chi connectivity index (χ4v) is 5.76. The molecule has 0 bridgehead atoms. The maximum Gasteiger partial charge on any atom is 0.477 e. The van der Waals surface area contributed by atoms with Crippen molar-refractivity contribution in [2.75, 3.05) is 12.3 Å². The Kier molecular flexibility index (Phi) is 6.11. The van der Waals surface area contributed by atoms with E-state index in [4.69, 9.17) is 24.0 Å². The van der Waals surface area contributed by atoms with Crippen molar-refractivity contribution in [3.8, 4) is 0 Å². The number of ether oxygens (including phenoxy) is 1. The fraction of sp³-hybridized carbons (Fsp3) is 0.429. The molecule has 3 aromatic rings. The number of hydrogen-bond donors (Lipinski definition) is 3. The van der Waals surface area contributed by atoms with Crippen molar-refractivity contribution in [1.82, 2.24) is 14.5 Å². The highest BCUT2D eigenvalue weighted by Gasteiger charge is 2.57. The highest BCUT2D eigenvalue weighted by atomic mass is 31.2. The van der Waals surface area contributed by atoms with Crippen LogP contribution in [0.2, 0.25) is 0 Å². The molecule has 0 amide bonds. The summed E-state index contributed by atoms with van der Waals surface area (Å²) in [6.45, 7) is 1.03. The second-order valence-electron chi connectivity index (χ2n) is 8.60. The Bertz CT molecular complexity index is 1330. The molecule has 4 N–H and O–H groups in total. The summed E-state index contributed by atoms with van der Waals surface area (Å²) in [7, 11) is -4.53. The lowest BCUT2D eigenvalue weighted by Crippen LogP contribution is -2.44. The van der Waals surface area contributed by atoms with Gasteiger partial charge >= 0.3 is 14.0 Å². The Morgan fingerprint density at radius 1 is 1.28 bits per heavy atom. The van der Waals surface area contributed by atoms with Crippen molar-refractivity contribution in [2.24, 2.45) is 0 Å². The van der Waals surface area contributed by atoms with Crippen molar-refractivity contribution in [3.05, 3.63) is 54.0 Å². The number of hydrogen-bond acceptors (Lipinski definition) is 10. The average Bonchev–Trinajstić information content (AvgIpc) is 3.33. The summed E-state index contributed by atoms with van der Waals surface area (Å²) in [4.78, 5) is 8.01. The Morgan fingerprint density at radius 2 is 2.03 bits per heavy atom. The normalized spacial score (nSPS) is 33.3. The number of phosphoric acid groups is 1. The molecule has 0 aliphatic carbocycles. The number of alkyl halides is 3. The first-order valence-corrected chi connectivity index (χ1v) is 12.3. The molecule has 4 heterocycles. The molecule has 36 heavy (non-hydrogen) atoms. The van der Waals surface area contributed by atoms with Gasteiger partial charge in [0.05, 0.1) is 23.7 Å². The van der Waals surface area contributed by atoms with Gasteiger partial charge in [0.15, 0.2) is 6.23 Å². The fourth-order valence-electron chi connectivity index (χ4n) is 4.31. The first-order valence-electron chi connectivity index (χ1n) is 10.8. The number of nitrogens with two attached hydrogens (primary N) is 1. The summed E-state index contributed by atoms with van der Waals surface area (Å²) in [5.41, 5.74) is 2.99. The largest absolute Gasteiger partial charge is 0.477 e. The molecule has 2 unspecified atom stereocenters. The number of anilines is 1. The second-order valence-corrected chi connectivity index (χ2v) is 10.2. The van der Waals surface area contributed by atoms with Gasteiger partial charge in [-0.2, -0.15) is 13.2 Å². The third kappa shape index (κ3) is 4.28. The molecule has 2 aliphatic heterocycles. The highest BCUT2D eigenvalue weighted by molar-refractivity contribution is 7.48. The van der Waals surface area contributed by atoms with Crippen molar-refractivity contribution >= 4 is 24.7 Å². The number of aliphatic hydroxyl groups is 2. The number of rotatable bonds is 4. The number of nitrogens with zero attached hydrogens (tertiary/aromatic N) is 3. The minimum atomic E-state index is -4.66. The van der Waals surface area contributed by atoms with E-state index < -0.39 is 49.9 Å². The van der Waals surface area contributed by atoms with Crippen molar-refractivity contribution < 1.29 is 46.3 Å². The van der Waals surface area contributed by atoms with E-state index in [1.807, 2.05) is 0 Å². The lowest BCUT2D eigenvalue weighted by Gasteiger charge is -2.32. The summed E-state index contributed by atoms with van der Waals surface area (Å²) >= 11 is 0. The van der Waals surface area contributed by atoms with Crippen LogP contribution < -0.4 is 5.73 Å². The molecule has 0 spiro atoms. The van der Waals surface area contributed by atoms with Crippen LogP contribution >= 0.6 is 7.82 Å². The number of nitrogen functional groups attached to an aromatic ring is 1. The first kappa shape index (κ1) is 25.1. The van der Waals surface area contributed by atoms with E-state index in [1.54, 1.807) is 6.07 Å². The van der Waals surface area contributed by atoms with Crippen LogP contribution in [0.4, 0.5) is 19.0 Å². The molecule has 1 aromatic carbocycles. The third-order valence-corrected chi connectivity index (χ3v) is 7.62. The number of fused-ring (bicyclic) bond motifs is 1. The topological polar surface area (TPSA) is 151 Å². The summed E-state index contributed by atoms with van der Waals surface area (Å²) < 4.78 is 76.7. The zero-order chi connectivity index (χ0) is 25.9. The van der Waals surface area contributed by atoms with Crippen LogP contribution in [-0.2, 0) is 29.0 Å². The predicted molar refractivity (Wildman–Crippen MR) is 117 cm³/mol. The molecule has 0 radical (unpaired) electrons. The van der Waals surface area contributed by atoms with Crippen LogP contribution in [0.1, 0.15) is 36.8 Å². The Hall–Kier alpha value is -2.58. The van der Waals surface area contributed by atoms with Gasteiger partial charge in [-0.1, -0.05) is 18.2 Å². The van der Waals surface area contributed by atoms with Gasteiger partial charge in [-0.25, -0.2) is 14.5 Å². The summed E-state index contributed by atoms with van der Waals surface area (Å²) in [6.07, 6.45) is -7.97. The molecule has 2 aliphatic rings. The number of aliphatic hydroxyl groups excluding tert-OH is 1. The van der Waals surface area contributed by atoms with Crippen LogP contribution in [0.5, 0.6) is 0 Å². The van der Waals surface area contributed by atoms with Crippen molar-refractivity contribution in [3.63, 3.8) is 0 Å². The van der Waals surface area contributed by atoms with E-state index in [9.17, 15) is 27.9 Å². The molecule has 194 valence electrons. The van der Waals surface area contributed by atoms with E-state index in [0.29, 0.717) is 11.0 Å². The molecule has 0 saturated carbocycles. The highest BCUT2D eigenvalue weighted by Crippen LogP contribution is 2.60. The zero-order valence-corrected chi connectivity index (χ0v) is 19.6. The van der Waals surface area contributed by atoms with Crippen LogP contribution in [0.15, 0.2) is 42.9 Å². The van der Waals surface area contributed by atoms with E-state index in [0.717, 1.165) is 6.07 Å². The predicted octanol–water partition coefficient (Wildman–Crippen LogP) is 3.30. The van der Waals surface area contributed by atoms with Gasteiger partial charge in [-0.15, -0.1) is 0 Å². The molecule has 2 aromatic heterocycles. The minimum Gasteiger partial charge on any atom is -0.385 e. The van der Waals surface area contributed by atoms with Crippen LogP contribution in [0.25, 0.3) is 11.0 Å². The number of halogens is 3. The van der Waals surface area contributed by atoms with Crippen LogP contribution in [0.3, 0.4) is 0 Å². The number of phosphoric ester groups is 1. The van der Waals surface area contributed by atoms with E-state index in [2.05, 4.69) is 9.97 Å². The SMILES string of the molecule is C[C@@]1(O)[C@H](O)C(OP2(=O)OCC[C@H](c3ccccc3C(F)(F)F)O2)O[C@H]1n1ccc2c(N)ncnc21. The van der Waals surface area contributed by atoms with Gasteiger partial charge < -0.3 is 25.3 Å². The standard InChI is InChI=1S/C21H22F3N4O7P/c1-20(30)15(29)18(33-19(20)28-8-6-12-16(25)26-10-27-17(12)28)35-36(31)32-9-7-14(34-36)11-4-2-3-5-13(11)21(22,23)24/h2-6,8,10,14-15,18-19,29-30H,7,9H2,1H3,(H2,25,26,27)/t14-,15-,18?,19-,20-,36?/m1/s1.